The second-order valence-electron chi connectivity index (χ2n) is 2.86. The molecule has 0 bridgehead atoms. The molecule has 15 heavy (non-hydrogen) atoms. The summed E-state index contributed by atoms with van der Waals surface area (Å²) < 4.78 is 22.8. The van der Waals surface area contributed by atoms with E-state index in [1.165, 1.54) is 24.3 Å². The number of nitrogens with one attached hydrogen (secondary N) is 1. The summed E-state index contributed by atoms with van der Waals surface area (Å²) in [6, 6.07) is 5.58. The van der Waals surface area contributed by atoms with Crippen LogP contribution in [0.15, 0.2) is 29.2 Å². The lowest BCUT2D eigenvalue weighted by Crippen LogP contribution is -2.08. The van der Waals surface area contributed by atoms with Crippen LogP contribution in [0.5, 0.6) is 0 Å². The zero-order valence-electron chi connectivity index (χ0n) is 8.10. The minimum atomic E-state index is -3.22. The standard InChI is InChI=1S/C9H11NO4S/c1-2-15(13,14)8-5-3-7(4-6-8)10-9(11)12/h3-6,10H,2H2,1H3,(H,11,12). The smallest absolute Gasteiger partial charge is 0.409 e. The van der Waals surface area contributed by atoms with E-state index in [9.17, 15) is 13.2 Å². The highest BCUT2D eigenvalue weighted by molar-refractivity contribution is 7.91. The molecular formula is C9H11NO4S. The fourth-order valence-electron chi connectivity index (χ4n) is 1.04. The quantitative estimate of drug-likeness (QED) is 0.824. The molecule has 2 N–H and O–H groups in total. The number of amides is 1. The maximum Gasteiger partial charge on any atom is 0.409 e. The molecule has 0 atom stereocenters. The number of anilines is 1. The van der Waals surface area contributed by atoms with E-state index >= 15 is 0 Å². The number of rotatable bonds is 3. The molecule has 1 aromatic carbocycles. The highest BCUT2D eigenvalue weighted by Gasteiger charge is 2.10. The second-order valence-corrected chi connectivity index (χ2v) is 5.14. The lowest BCUT2D eigenvalue weighted by atomic mass is 10.3. The van der Waals surface area contributed by atoms with Crippen molar-refractivity contribution in [2.45, 2.75) is 11.8 Å². The molecule has 0 aliphatic heterocycles. The first-order valence-electron chi connectivity index (χ1n) is 4.28. The first-order chi connectivity index (χ1) is 6.95. The highest BCUT2D eigenvalue weighted by Crippen LogP contribution is 2.14. The topological polar surface area (TPSA) is 83.5 Å². The molecule has 6 heteroatoms. The van der Waals surface area contributed by atoms with E-state index in [1.807, 2.05) is 0 Å². The van der Waals surface area contributed by atoms with Gasteiger partial charge in [-0.1, -0.05) is 6.92 Å². The molecule has 5 nitrogen and oxygen atoms in total. The predicted molar refractivity (Wildman–Crippen MR) is 55.8 cm³/mol. The fourth-order valence-corrected chi connectivity index (χ4v) is 1.92. The third-order valence-corrected chi connectivity index (χ3v) is 3.60. The van der Waals surface area contributed by atoms with Gasteiger partial charge in [0.05, 0.1) is 10.6 Å². The van der Waals surface area contributed by atoms with E-state index in [-0.39, 0.29) is 10.6 Å². The molecule has 0 radical (unpaired) electrons. The van der Waals surface area contributed by atoms with E-state index in [4.69, 9.17) is 5.11 Å². The molecule has 1 aromatic rings. The average Bonchev–Trinajstić information content (AvgIpc) is 2.18. The highest BCUT2D eigenvalue weighted by atomic mass is 32.2. The summed E-state index contributed by atoms with van der Waals surface area (Å²) in [6.07, 6.45) is -1.18. The summed E-state index contributed by atoms with van der Waals surface area (Å²) in [7, 11) is -3.22. The van der Waals surface area contributed by atoms with Crippen molar-refractivity contribution in [2.24, 2.45) is 0 Å². The number of carboxylic acid groups (broad SMARTS) is 1. The Kier molecular flexibility index (Phi) is 3.31. The van der Waals surface area contributed by atoms with Crippen LogP contribution in [-0.4, -0.2) is 25.4 Å². The second kappa shape index (κ2) is 4.31. The summed E-state index contributed by atoms with van der Waals surface area (Å²) in [5, 5.41) is 10.5. The minimum Gasteiger partial charge on any atom is -0.465 e. The lowest BCUT2D eigenvalue weighted by molar-refractivity contribution is 0.210. The van der Waals surface area contributed by atoms with Crippen molar-refractivity contribution >= 4 is 21.6 Å². The molecule has 0 fully saturated rings. The summed E-state index contributed by atoms with van der Waals surface area (Å²) in [5.74, 6) is 0.0265. The number of hydrogen-bond acceptors (Lipinski definition) is 3. The summed E-state index contributed by atoms with van der Waals surface area (Å²) >= 11 is 0. The Bertz CT molecular complexity index is 450. The van der Waals surface area contributed by atoms with Gasteiger partial charge in [-0.05, 0) is 24.3 Å². The zero-order valence-corrected chi connectivity index (χ0v) is 8.91. The third-order valence-electron chi connectivity index (χ3n) is 1.84. The van der Waals surface area contributed by atoms with Gasteiger partial charge in [0.25, 0.3) is 0 Å². The van der Waals surface area contributed by atoms with Gasteiger partial charge >= 0.3 is 6.09 Å². The van der Waals surface area contributed by atoms with Gasteiger partial charge in [-0.3, -0.25) is 5.32 Å². The Morgan fingerprint density at radius 3 is 2.27 bits per heavy atom. The van der Waals surface area contributed by atoms with Gasteiger partial charge < -0.3 is 5.11 Å². The minimum absolute atomic E-state index is 0.0265. The molecule has 0 spiro atoms. The van der Waals surface area contributed by atoms with Gasteiger partial charge in [0, 0.05) is 5.69 Å². The number of sulfone groups is 1. The van der Waals surface area contributed by atoms with E-state index in [0.717, 1.165) is 0 Å². The largest absolute Gasteiger partial charge is 0.465 e. The molecule has 0 heterocycles. The van der Waals surface area contributed by atoms with Gasteiger partial charge in [0.1, 0.15) is 0 Å². The van der Waals surface area contributed by atoms with Crippen molar-refractivity contribution < 1.29 is 18.3 Å². The van der Waals surface area contributed by atoms with Crippen LogP contribution in [0.4, 0.5) is 10.5 Å². The van der Waals surface area contributed by atoms with Crippen molar-refractivity contribution in [2.75, 3.05) is 11.1 Å². The Labute approximate surface area is 87.7 Å². The lowest BCUT2D eigenvalue weighted by Gasteiger charge is -2.03. The van der Waals surface area contributed by atoms with Crippen molar-refractivity contribution in [1.29, 1.82) is 0 Å². The Balaban J connectivity index is 2.95. The molecule has 0 aromatic heterocycles. The summed E-state index contributed by atoms with van der Waals surface area (Å²) in [4.78, 5) is 10.5. The monoisotopic (exact) mass is 229 g/mol. The Morgan fingerprint density at radius 2 is 1.87 bits per heavy atom. The molecule has 0 saturated heterocycles. The van der Waals surface area contributed by atoms with Gasteiger partial charge in [-0.25, -0.2) is 13.2 Å². The molecule has 0 saturated carbocycles. The van der Waals surface area contributed by atoms with Crippen LogP contribution in [0.25, 0.3) is 0 Å². The first kappa shape index (κ1) is 11.5. The van der Waals surface area contributed by atoms with Crippen molar-refractivity contribution in [3.05, 3.63) is 24.3 Å². The van der Waals surface area contributed by atoms with Crippen molar-refractivity contribution in [3.63, 3.8) is 0 Å². The van der Waals surface area contributed by atoms with Crippen LogP contribution in [-0.2, 0) is 9.84 Å². The van der Waals surface area contributed by atoms with E-state index < -0.39 is 15.9 Å². The van der Waals surface area contributed by atoms with Crippen molar-refractivity contribution in [1.82, 2.24) is 0 Å². The van der Waals surface area contributed by atoms with Gasteiger partial charge in [-0.2, -0.15) is 0 Å². The molecule has 1 rings (SSSR count). The maximum absolute atomic E-state index is 11.4. The molecule has 82 valence electrons. The number of benzene rings is 1. The molecule has 0 aliphatic rings. The van der Waals surface area contributed by atoms with E-state index in [2.05, 4.69) is 5.32 Å². The number of hydrogen-bond donors (Lipinski definition) is 2. The van der Waals surface area contributed by atoms with Gasteiger partial charge in [0.2, 0.25) is 0 Å². The molecular weight excluding hydrogens is 218 g/mol. The normalized spacial score (nSPS) is 11.0. The van der Waals surface area contributed by atoms with Gasteiger partial charge in [0.15, 0.2) is 9.84 Å². The Hall–Kier alpha value is -1.56. The zero-order chi connectivity index (χ0) is 11.5. The van der Waals surface area contributed by atoms with Crippen LogP contribution in [0.2, 0.25) is 0 Å². The third kappa shape index (κ3) is 2.95. The van der Waals surface area contributed by atoms with Crippen LogP contribution >= 0.6 is 0 Å². The fraction of sp³-hybridized carbons (Fsp3) is 0.222. The molecule has 1 amide bonds. The first-order valence-corrected chi connectivity index (χ1v) is 5.93. The SMILES string of the molecule is CCS(=O)(=O)c1ccc(NC(=O)O)cc1. The van der Waals surface area contributed by atoms with Crippen LogP contribution in [0, 0.1) is 0 Å². The summed E-state index contributed by atoms with van der Waals surface area (Å²) in [5.41, 5.74) is 0.345. The average molecular weight is 229 g/mol. The van der Waals surface area contributed by atoms with E-state index in [0.29, 0.717) is 5.69 Å². The summed E-state index contributed by atoms with van der Waals surface area (Å²) in [6.45, 7) is 1.55. The van der Waals surface area contributed by atoms with Crippen LogP contribution in [0.3, 0.4) is 0 Å². The molecule has 0 aliphatic carbocycles. The Morgan fingerprint density at radius 1 is 1.33 bits per heavy atom. The predicted octanol–water partition coefficient (Wildman–Crippen LogP) is 1.57. The molecule has 0 unspecified atom stereocenters. The van der Waals surface area contributed by atoms with Gasteiger partial charge in [-0.15, -0.1) is 0 Å². The van der Waals surface area contributed by atoms with Crippen LogP contribution < -0.4 is 5.32 Å². The van der Waals surface area contributed by atoms with Crippen LogP contribution in [0.1, 0.15) is 6.92 Å². The number of carbonyl (C=O) groups is 1. The maximum atomic E-state index is 11.4. The van der Waals surface area contributed by atoms with Crippen molar-refractivity contribution in [3.8, 4) is 0 Å². The van der Waals surface area contributed by atoms with E-state index in [1.54, 1.807) is 6.92 Å².